The highest BCUT2D eigenvalue weighted by Crippen LogP contribution is 2.16. The van der Waals surface area contributed by atoms with Crippen molar-refractivity contribution in [2.24, 2.45) is 7.05 Å². The molecule has 0 fully saturated rings. The van der Waals surface area contributed by atoms with Gasteiger partial charge in [0.05, 0.1) is 12.0 Å². The minimum absolute atomic E-state index is 0.294. The molecule has 0 bridgehead atoms. The van der Waals surface area contributed by atoms with Gasteiger partial charge in [-0.2, -0.15) is 0 Å². The summed E-state index contributed by atoms with van der Waals surface area (Å²) in [5.41, 5.74) is 2.40. The van der Waals surface area contributed by atoms with Crippen molar-refractivity contribution < 1.29 is 0 Å². The van der Waals surface area contributed by atoms with E-state index in [2.05, 4.69) is 17.2 Å². The van der Waals surface area contributed by atoms with Crippen LogP contribution in [0.15, 0.2) is 36.8 Å². The van der Waals surface area contributed by atoms with E-state index in [9.17, 15) is 0 Å². The number of halogens is 1. The summed E-state index contributed by atoms with van der Waals surface area (Å²) < 4.78 is 2.02. The summed E-state index contributed by atoms with van der Waals surface area (Å²) in [5, 5.41) is 4.23. The SMILES string of the molecule is CC(NCc1cncn1C)c1ccc(Cl)cc1. The van der Waals surface area contributed by atoms with Crippen LogP contribution in [-0.4, -0.2) is 9.55 Å². The number of nitrogens with zero attached hydrogens (tertiary/aromatic N) is 2. The van der Waals surface area contributed by atoms with E-state index in [1.807, 2.05) is 48.4 Å². The smallest absolute Gasteiger partial charge is 0.0945 e. The number of rotatable bonds is 4. The van der Waals surface area contributed by atoms with E-state index in [1.165, 1.54) is 11.3 Å². The third kappa shape index (κ3) is 3.08. The van der Waals surface area contributed by atoms with Gasteiger partial charge in [-0.15, -0.1) is 0 Å². The Hall–Kier alpha value is -1.32. The maximum Gasteiger partial charge on any atom is 0.0945 e. The first-order chi connectivity index (χ1) is 8.16. The Balaban J connectivity index is 1.95. The van der Waals surface area contributed by atoms with Gasteiger partial charge in [-0.05, 0) is 24.6 Å². The number of hydrogen-bond donors (Lipinski definition) is 1. The summed E-state index contributed by atoms with van der Waals surface area (Å²) >= 11 is 5.86. The molecule has 0 aliphatic carbocycles. The van der Waals surface area contributed by atoms with E-state index in [1.54, 1.807) is 0 Å². The second-order valence-corrected chi connectivity index (χ2v) is 4.59. The number of hydrogen-bond acceptors (Lipinski definition) is 2. The number of aryl methyl sites for hydroxylation is 1. The van der Waals surface area contributed by atoms with Crippen molar-refractivity contribution in [1.29, 1.82) is 0 Å². The summed E-state index contributed by atoms with van der Waals surface area (Å²) in [5.74, 6) is 0. The van der Waals surface area contributed by atoms with Gasteiger partial charge < -0.3 is 9.88 Å². The Morgan fingerprint density at radius 3 is 2.65 bits per heavy atom. The molecule has 1 aromatic heterocycles. The lowest BCUT2D eigenvalue weighted by atomic mass is 10.1. The molecule has 1 aromatic carbocycles. The predicted octanol–water partition coefficient (Wildman–Crippen LogP) is 2.92. The highest BCUT2D eigenvalue weighted by molar-refractivity contribution is 6.30. The standard InChI is InChI=1S/C13H16ClN3/c1-10(11-3-5-12(14)6-4-11)16-8-13-7-15-9-17(13)2/h3-7,9-10,16H,8H2,1-2H3. The van der Waals surface area contributed by atoms with Crippen molar-refractivity contribution in [3.63, 3.8) is 0 Å². The van der Waals surface area contributed by atoms with Crippen LogP contribution in [0.4, 0.5) is 0 Å². The molecule has 1 N–H and O–H groups in total. The molecule has 2 aromatic rings. The number of nitrogens with one attached hydrogen (secondary N) is 1. The van der Waals surface area contributed by atoms with E-state index >= 15 is 0 Å². The van der Waals surface area contributed by atoms with Gasteiger partial charge in [0.1, 0.15) is 0 Å². The van der Waals surface area contributed by atoms with Crippen molar-refractivity contribution in [2.45, 2.75) is 19.5 Å². The number of aromatic nitrogens is 2. The highest BCUT2D eigenvalue weighted by Gasteiger charge is 2.05. The van der Waals surface area contributed by atoms with Crippen LogP contribution in [0.5, 0.6) is 0 Å². The molecule has 17 heavy (non-hydrogen) atoms. The summed E-state index contributed by atoms with van der Waals surface area (Å²) in [6.45, 7) is 2.94. The average molecular weight is 250 g/mol. The summed E-state index contributed by atoms with van der Waals surface area (Å²) in [6.07, 6.45) is 3.69. The second-order valence-electron chi connectivity index (χ2n) is 4.15. The van der Waals surface area contributed by atoms with Crippen LogP contribution in [0.1, 0.15) is 24.2 Å². The van der Waals surface area contributed by atoms with Crippen molar-refractivity contribution in [3.05, 3.63) is 53.1 Å². The molecule has 0 saturated heterocycles. The quantitative estimate of drug-likeness (QED) is 0.903. The van der Waals surface area contributed by atoms with Crippen LogP contribution >= 0.6 is 11.6 Å². The maximum absolute atomic E-state index is 5.86. The predicted molar refractivity (Wildman–Crippen MR) is 69.9 cm³/mol. The lowest BCUT2D eigenvalue weighted by Crippen LogP contribution is -2.19. The molecule has 0 amide bonds. The molecule has 3 nitrogen and oxygen atoms in total. The normalized spacial score (nSPS) is 12.6. The fourth-order valence-electron chi connectivity index (χ4n) is 1.68. The van der Waals surface area contributed by atoms with E-state index in [4.69, 9.17) is 11.6 Å². The van der Waals surface area contributed by atoms with Crippen LogP contribution in [0.3, 0.4) is 0 Å². The van der Waals surface area contributed by atoms with Gasteiger partial charge in [0.2, 0.25) is 0 Å². The van der Waals surface area contributed by atoms with Gasteiger partial charge in [0.15, 0.2) is 0 Å². The first-order valence-electron chi connectivity index (χ1n) is 5.61. The van der Waals surface area contributed by atoms with E-state index in [-0.39, 0.29) is 0 Å². The minimum Gasteiger partial charge on any atom is -0.337 e. The van der Waals surface area contributed by atoms with Crippen molar-refractivity contribution in [3.8, 4) is 0 Å². The molecular weight excluding hydrogens is 234 g/mol. The topological polar surface area (TPSA) is 29.9 Å². The molecule has 4 heteroatoms. The Morgan fingerprint density at radius 1 is 1.35 bits per heavy atom. The van der Waals surface area contributed by atoms with E-state index < -0.39 is 0 Å². The Bertz CT molecular complexity index is 476. The number of benzene rings is 1. The van der Waals surface area contributed by atoms with Crippen LogP contribution in [0.2, 0.25) is 5.02 Å². The van der Waals surface area contributed by atoms with Crippen LogP contribution < -0.4 is 5.32 Å². The summed E-state index contributed by atoms with van der Waals surface area (Å²) in [4.78, 5) is 4.09. The molecule has 0 spiro atoms. The molecule has 90 valence electrons. The summed E-state index contributed by atoms with van der Waals surface area (Å²) in [7, 11) is 2.00. The lowest BCUT2D eigenvalue weighted by molar-refractivity contribution is 0.558. The van der Waals surface area contributed by atoms with Crippen molar-refractivity contribution in [1.82, 2.24) is 14.9 Å². The van der Waals surface area contributed by atoms with Crippen molar-refractivity contribution in [2.75, 3.05) is 0 Å². The van der Waals surface area contributed by atoms with Crippen molar-refractivity contribution >= 4 is 11.6 Å². The van der Waals surface area contributed by atoms with Gasteiger partial charge >= 0.3 is 0 Å². The zero-order valence-electron chi connectivity index (χ0n) is 10.0. The fourth-order valence-corrected chi connectivity index (χ4v) is 1.81. The van der Waals surface area contributed by atoms with Crippen LogP contribution in [0.25, 0.3) is 0 Å². The minimum atomic E-state index is 0.294. The molecule has 0 aliphatic heterocycles. The zero-order valence-corrected chi connectivity index (χ0v) is 10.8. The van der Waals surface area contributed by atoms with Gasteiger partial charge in [0, 0.05) is 30.9 Å². The monoisotopic (exact) mass is 249 g/mol. The molecule has 0 aliphatic rings. The molecule has 0 radical (unpaired) electrons. The van der Waals surface area contributed by atoms with Gasteiger partial charge in [-0.25, -0.2) is 4.98 Å². The first-order valence-corrected chi connectivity index (χ1v) is 5.98. The van der Waals surface area contributed by atoms with E-state index in [0.29, 0.717) is 6.04 Å². The average Bonchev–Trinajstić information content (AvgIpc) is 2.73. The zero-order chi connectivity index (χ0) is 12.3. The fraction of sp³-hybridized carbons (Fsp3) is 0.308. The highest BCUT2D eigenvalue weighted by atomic mass is 35.5. The lowest BCUT2D eigenvalue weighted by Gasteiger charge is -2.14. The van der Waals surface area contributed by atoms with Gasteiger partial charge in [-0.3, -0.25) is 0 Å². The molecular formula is C13H16ClN3. The Labute approximate surface area is 106 Å². The molecule has 1 atom stereocenters. The molecule has 1 heterocycles. The van der Waals surface area contributed by atoms with Gasteiger partial charge in [0.25, 0.3) is 0 Å². The van der Waals surface area contributed by atoms with Gasteiger partial charge in [-0.1, -0.05) is 23.7 Å². The largest absolute Gasteiger partial charge is 0.337 e. The van der Waals surface area contributed by atoms with Crippen LogP contribution in [0, 0.1) is 0 Å². The molecule has 2 rings (SSSR count). The Kier molecular flexibility index (Phi) is 3.82. The third-order valence-corrected chi connectivity index (χ3v) is 3.13. The molecule has 0 saturated carbocycles. The van der Waals surface area contributed by atoms with E-state index in [0.717, 1.165) is 11.6 Å². The molecule has 1 unspecified atom stereocenters. The maximum atomic E-state index is 5.86. The second kappa shape index (κ2) is 5.34. The first kappa shape index (κ1) is 12.1. The number of imidazole rings is 1. The summed E-state index contributed by atoms with van der Waals surface area (Å²) in [6, 6.07) is 8.22. The third-order valence-electron chi connectivity index (χ3n) is 2.88. The Morgan fingerprint density at radius 2 is 2.06 bits per heavy atom. The van der Waals surface area contributed by atoms with Crippen LogP contribution in [-0.2, 0) is 13.6 Å².